The van der Waals surface area contributed by atoms with Crippen molar-refractivity contribution in [2.75, 3.05) is 18.1 Å². The average molecular weight is 515 g/mol. The van der Waals surface area contributed by atoms with Crippen LogP contribution in [0.15, 0.2) is 42.5 Å². The van der Waals surface area contributed by atoms with Crippen LogP contribution < -0.4 is 14.4 Å². The van der Waals surface area contributed by atoms with Crippen LogP contribution in [0, 0.1) is 23.2 Å². The minimum absolute atomic E-state index is 0.195. The molecule has 0 radical (unpaired) electrons. The Balaban J connectivity index is 1.39. The summed E-state index contributed by atoms with van der Waals surface area (Å²) in [6.45, 7) is 4.44. The Morgan fingerprint density at radius 1 is 1.05 bits per heavy atom. The minimum Gasteiger partial charge on any atom is -0.494 e. The number of benzene rings is 2. The van der Waals surface area contributed by atoms with E-state index in [4.69, 9.17) is 19.5 Å². The number of carbonyl (C=O) groups is 2. The molecule has 3 heterocycles. The van der Waals surface area contributed by atoms with Crippen molar-refractivity contribution >= 4 is 17.5 Å². The second kappa shape index (κ2) is 8.77. The van der Waals surface area contributed by atoms with Crippen molar-refractivity contribution in [2.24, 2.45) is 11.8 Å². The van der Waals surface area contributed by atoms with Crippen LogP contribution in [0.4, 0.5) is 18.9 Å². The van der Waals surface area contributed by atoms with Gasteiger partial charge in [0.25, 0.3) is 0 Å². The van der Waals surface area contributed by atoms with Gasteiger partial charge in [-0.1, -0.05) is 0 Å². The van der Waals surface area contributed by atoms with Crippen molar-refractivity contribution in [1.29, 1.82) is 5.26 Å². The maximum Gasteiger partial charge on any atom is 0.417 e. The molecule has 3 fully saturated rings. The summed E-state index contributed by atoms with van der Waals surface area (Å²) in [5.41, 5.74) is -3.81. The molecular weight excluding hydrogens is 489 g/mol. The number of ether oxygens (including phenoxy) is 3. The Labute approximate surface area is 211 Å². The molecule has 10 heteroatoms. The Morgan fingerprint density at radius 2 is 1.70 bits per heavy atom. The molecule has 0 aliphatic carbocycles. The Kier molecular flexibility index (Phi) is 5.94. The predicted octanol–water partition coefficient (Wildman–Crippen LogP) is 4.87. The lowest BCUT2D eigenvalue weighted by Gasteiger charge is -2.31. The lowest BCUT2D eigenvalue weighted by atomic mass is 9.67. The van der Waals surface area contributed by atoms with Crippen molar-refractivity contribution in [3.8, 4) is 17.6 Å². The molecule has 3 aliphatic heterocycles. The number of amides is 2. The minimum atomic E-state index is -4.81. The molecule has 194 valence electrons. The normalized spacial score (nSPS) is 28.4. The monoisotopic (exact) mass is 514 g/mol. The van der Waals surface area contributed by atoms with Crippen LogP contribution >= 0.6 is 0 Å². The molecule has 0 saturated carbocycles. The molecule has 1 unspecified atom stereocenters. The van der Waals surface area contributed by atoms with Gasteiger partial charge in [0.15, 0.2) is 0 Å². The summed E-state index contributed by atoms with van der Waals surface area (Å²) in [7, 11) is 0. The number of halogens is 3. The molecule has 37 heavy (non-hydrogen) atoms. The molecule has 2 amide bonds. The van der Waals surface area contributed by atoms with Crippen molar-refractivity contribution in [3.05, 3.63) is 53.6 Å². The summed E-state index contributed by atoms with van der Waals surface area (Å²) >= 11 is 0. The zero-order valence-corrected chi connectivity index (χ0v) is 20.3. The zero-order valence-electron chi connectivity index (χ0n) is 20.3. The van der Waals surface area contributed by atoms with Crippen LogP contribution in [0.2, 0.25) is 0 Å². The molecule has 5 rings (SSSR count). The van der Waals surface area contributed by atoms with E-state index in [-0.39, 0.29) is 12.3 Å². The van der Waals surface area contributed by atoms with Crippen LogP contribution in [0.1, 0.15) is 44.2 Å². The third-order valence-electron chi connectivity index (χ3n) is 7.63. The highest BCUT2D eigenvalue weighted by atomic mass is 19.4. The van der Waals surface area contributed by atoms with E-state index in [1.807, 2.05) is 6.92 Å². The number of imide groups is 1. The van der Waals surface area contributed by atoms with Gasteiger partial charge in [0.1, 0.15) is 11.5 Å². The van der Waals surface area contributed by atoms with Gasteiger partial charge in [-0.2, -0.15) is 18.4 Å². The van der Waals surface area contributed by atoms with Gasteiger partial charge < -0.3 is 14.2 Å². The number of rotatable bonds is 7. The smallest absolute Gasteiger partial charge is 0.417 e. The lowest BCUT2D eigenvalue weighted by molar-refractivity contribution is -0.138. The van der Waals surface area contributed by atoms with Crippen LogP contribution in [-0.4, -0.2) is 36.2 Å². The van der Waals surface area contributed by atoms with Gasteiger partial charge in [0.05, 0.1) is 59.1 Å². The fraction of sp³-hybridized carbons (Fsp3) is 0.444. The summed E-state index contributed by atoms with van der Waals surface area (Å²) in [4.78, 5) is 27.9. The number of nitriles is 1. The van der Waals surface area contributed by atoms with E-state index >= 15 is 0 Å². The number of hydrogen-bond donors (Lipinski definition) is 0. The molecular formula is C27H25F3N2O5. The number of alkyl halides is 3. The largest absolute Gasteiger partial charge is 0.494 e. The topological polar surface area (TPSA) is 88.9 Å². The lowest BCUT2D eigenvalue weighted by Crippen LogP contribution is -2.43. The first-order valence-corrected chi connectivity index (χ1v) is 12.1. The highest BCUT2D eigenvalue weighted by Gasteiger charge is 2.73. The predicted molar refractivity (Wildman–Crippen MR) is 125 cm³/mol. The fourth-order valence-corrected chi connectivity index (χ4v) is 6.01. The second-order valence-electron chi connectivity index (χ2n) is 9.79. The molecule has 3 aliphatic rings. The molecule has 7 nitrogen and oxygen atoms in total. The van der Waals surface area contributed by atoms with E-state index in [1.54, 1.807) is 31.2 Å². The number of hydrogen-bond acceptors (Lipinski definition) is 6. The molecule has 2 bridgehead atoms. The van der Waals surface area contributed by atoms with E-state index in [0.29, 0.717) is 43.4 Å². The summed E-state index contributed by atoms with van der Waals surface area (Å²) < 4.78 is 58.3. The molecule has 0 aromatic heterocycles. The molecule has 4 atom stereocenters. The van der Waals surface area contributed by atoms with E-state index in [9.17, 15) is 22.8 Å². The van der Waals surface area contributed by atoms with Crippen LogP contribution in [-0.2, 0) is 20.5 Å². The fourth-order valence-electron chi connectivity index (χ4n) is 6.01. The molecule has 0 spiro atoms. The summed E-state index contributed by atoms with van der Waals surface area (Å²) in [5.74, 6) is -1.46. The summed E-state index contributed by atoms with van der Waals surface area (Å²) in [5, 5.41) is 9.09. The first-order valence-electron chi connectivity index (χ1n) is 12.1. The first-order chi connectivity index (χ1) is 17.5. The highest BCUT2D eigenvalue weighted by molar-refractivity contribution is 6.23. The summed E-state index contributed by atoms with van der Waals surface area (Å²) in [6, 6.07) is 11.5. The molecule has 3 saturated heterocycles. The molecule has 2 aromatic carbocycles. The van der Waals surface area contributed by atoms with Crippen molar-refractivity contribution in [2.45, 2.75) is 50.5 Å². The Bertz CT molecular complexity index is 1290. The third kappa shape index (κ3) is 4.02. The number of fused-ring (bicyclic) bond motifs is 5. The molecule has 2 aromatic rings. The number of anilines is 1. The van der Waals surface area contributed by atoms with Gasteiger partial charge >= 0.3 is 6.18 Å². The van der Waals surface area contributed by atoms with Gasteiger partial charge in [-0.25, -0.2) is 4.90 Å². The van der Waals surface area contributed by atoms with Gasteiger partial charge in [-0.05, 0) is 69.2 Å². The summed E-state index contributed by atoms with van der Waals surface area (Å²) in [6.07, 6.45) is -3.39. The quantitative estimate of drug-likeness (QED) is 0.490. The Morgan fingerprint density at radius 3 is 2.32 bits per heavy atom. The van der Waals surface area contributed by atoms with Crippen LogP contribution in [0.3, 0.4) is 0 Å². The first kappa shape index (κ1) is 25.1. The third-order valence-corrected chi connectivity index (χ3v) is 7.63. The van der Waals surface area contributed by atoms with Gasteiger partial charge in [0.2, 0.25) is 11.8 Å². The van der Waals surface area contributed by atoms with Gasteiger partial charge in [0, 0.05) is 6.42 Å². The van der Waals surface area contributed by atoms with Crippen molar-refractivity contribution in [3.63, 3.8) is 0 Å². The van der Waals surface area contributed by atoms with Crippen LogP contribution in [0.25, 0.3) is 0 Å². The van der Waals surface area contributed by atoms with Crippen molar-refractivity contribution in [1.82, 2.24) is 0 Å². The maximum atomic E-state index is 13.6. The van der Waals surface area contributed by atoms with Crippen molar-refractivity contribution < 1.29 is 37.0 Å². The van der Waals surface area contributed by atoms with E-state index in [2.05, 4.69) is 0 Å². The SMILES string of the molecule is CCOc1ccc(OCC[C@@]23CC[C@](C)(O2)[C@@H]2C(=O)N(c4ccc(C#N)c(C(F)(F)F)c4)C(=O)C23)cc1. The average Bonchev–Trinajstić information content (AvgIpc) is 3.44. The molecule has 0 N–H and O–H groups in total. The van der Waals surface area contributed by atoms with Gasteiger partial charge in [-0.15, -0.1) is 0 Å². The Hall–Kier alpha value is -3.58. The highest BCUT2D eigenvalue weighted by Crippen LogP contribution is 2.62. The number of nitrogens with zero attached hydrogens (tertiary/aromatic N) is 2. The van der Waals surface area contributed by atoms with E-state index < -0.39 is 52.2 Å². The second-order valence-corrected chi connectivity index (χ2v) is 9.79. The maximum absolute atomic E-state index is 13.6. The number of carbonyl (C=O) groups excluding carboxylic acids is 2. The zero-order chi connectivity index (χ0) is 26.6. The van der Waals surface area contributed by atoms with Gasteiger partial charge in [-0.3, -0.25) is 9.59 Å². The standard InChI is InChI=1S/C27H25F3N2O5/c1-3-35-18-6-8-19(9-7-18)36-13-12-26-11-10-25(2,37-26)21-22(26)24(34)32(23(21)33)17-5-4-16(15-31)20(14-17)27(28,29)30/h4-9,14,21-22H,3,10-13H2,1-2H3/t21-,22?,25-,26+/m0/s1. The van der Waals surface area contributed by atoms with E-state index in [0.717, 1.165) is 11.0 Å². The van der Waals surface area contributed by atoms with E-state index in [1.165, 1.54) is 12.1 Å². The van der Waals surface area contributed by atoms with Crippen LogP contribution in [0.5, 0.6) is 11.5 Å².